The van der Waals surface area contributed by atoms with Gasteiger partial charge in [0.25, 0.3) is 0 Å². The number of nitrogens with zero attached hydrogens (tertiary/aromatic N) is 5. The second-order valence-electron chi connectivity index (χ2n) is 2.97. The van der Waals surface area contributed by atoms with Crippen molar-refractivity contribution in [2.75, 3.05) is 30.8 Å². The lowest BCUT2D eigenvalue weighted by Crippen LogP contribution is -2.26. The van der Waals surface area contributed by atoms with Crippen LogP contribution in [-0.4, -0.2) is 35.2 Å². The van der Waals surface area contributed by atoms with Crippen LogP contribution in [0.5, 0.6) is 6.01 Å². The fourth-order valence-electron chi connectivity index (χ4n) is 1.18. The Morgan fingerprint density at radius 1 is 1.44 bits per heavy atom. The molecule has 0 radical (unpaired) electrons. The molecule has 0 saturated carbocycles. The van der Waals surface area contributed by atoms with Crippen molar-refractivity contribution in [2.24, 2.45) is 0 Å². The molecule has 7 heteroatoms. The molecule has 0 atom stereocenters. The quantitative estimate of drug-likeness (QED) is 0.759. The van der Waals surface area contributed by atoms with E-state index in [9.17, 15) is 0 Å². The van der Waals surface area contributed by atoms with Crippen LogP contribution in [0.4, 0.5) is 11.9 Å². The van der Waals surface area contributed by atoms with E-state index in [1.165, 1.54) is 7.11 Å². The van der Waals surface area contributed by atoms with Gasteiger partial charge in [0.05, 0.1) is 19.6 Å². The lowest BCUT2D eigenvalue weighted by molar-refractivity contribution is 0.379. The Labute approximate surface area is 93.9 Å². The Balaban J connectivity index is 2.91. The molecule has 2 N–H and O–H groups in total. The predicted molar refractivity (Wildman–Crippen MR) is 58.9 cm³/mol. The molecule has 0 bridgehead atoms. The van der Waals surface area contributed by atoms with Gasteiger partial charge < -0.3 is 15.4 Å². The lowest BCUT2D eigenvalue weighted by atomic mass is 10.4. The minimum atomic E-state index is 0.109. The Bertz CT molecular complexity index is 388. The summed E-state index contributed by atoms with van der Waals surface area (Å²) < 4.78 is 4.90. The first-order valence-corrected chi connectivity index (χ1v) is 4.88. The molecule has 0 aliphatic carbocycles. The molecule has 0 aromatic carbocycles. The topological polar surface area (TPSA) is 101 Å². The van der Waals surface area contributed by atoms with Crippen molar-refractivity contribution in [1.29, 1.82) is 5.26 Å². The van der Waals surface area contributed by atoms with E-state index in [4.69, 9.17) is 15.7 Å². The maximum atomic E-state index is 8.53. The summed E-state index contributed by atoms with van der Waals surface area (Å²) in [6.45, 7) is 3.19. The van der Waals surface area contributed by atoms with Gasteiger partial charge in [0, 0.05) is 13.1 Å². The Morgan fingerprint density at radius 2 is 2.19 bits per heavy atom. The summed E-state index contributed by atoms with van der Waals surface area (Å²) in [6.07, 6.45) is 0.405. The smallest absolute Gasteiger partial charge is 0.322 e. The highest BCUT2D eigenvalue weighted by atomic mass is 16.5. The Hall–Kier alpha value is -2.10. The molecule has 0 aliphatic heterocycles. The van der Waals surface area contributed by atoms with E-state index in [1.807, 2.05) is 11.8 Å². The van der Waals surface area contributed by atoms with Crippen molar-refractivity contribution < 1.29 is 4.74 Å². The summed E-state index contributed by atoms with van der Waals surface area (Å²) in [5.41, 5.74) is 5.52. The van der Waals surface area contributed by atoms with E-state index in [-0.39, 0.29) is 12.0 Å². The van der Waals surface area contributed by atoms with Gasteiger partial charge in [0.1, 0.15) is 0 Å². The monoisotopic (exact) mass is 222 g/mol. The summed E-state index contributed by atoms with van der Waals surface area (Å²) in [7, 11) is 1.46. The van der Waals surface area contributed by atoms with E-state index in [0.717, 1.165) is 0 Å². The summed E-state index contributed by atoms with van der Waals surface area (Å²) in [5.74, 6) is 0.541. The zero-order valence-corrected chi connectivity index (χ0v) is 9.34. The molecular formula is C9H14N6O. The van der Waals surface area contributed by atoms with Crippen LogP contribution >= 0.6 is 0 Å². The number of rotatable bonds is 5. The second-order valence-corrected chi connectivity index (χ2v) is 2.97. The van der Waals surface area contributed by atoms with E-state index >= 15 is 0 Å². The van der Waals surface area contributed by atoms with Gasteiger partial charge in [-0.3, -0.25) is 0 Å². The summed E-state index contributed by atoms with van der Waals surface area (Å²) in [4.78, 5) is 13.7. The van der Waals surface area contributed by atoms with Crippen LogP contribution < -0.4 is 15.4 Å². The maximum Gasteiger partial charge on any atom is 0.322 e. The predicted octanol–water partition coefficient (Wildman–Crippen LogP) is 0.202. The van der Waals surface area contributed by atoms with E-state index < -0.39 is 0 Å². The summed E-state index contributed by atoms with van der Waals surface area (Å²) in [5, 5.41) is 8.53. The number of methoxy groups -OCH3 is 1. The van der Waals surface area contributed by atoms with Gasteiger partial charge in [0.2, 0.25) is 11.9 Å². The van der Waals surface area contributed by atoms with Gasteiger partial charge in [-0.15, -0.1) is 0 Å². The van der Waals surface area contributed by atoms with Gasteiger partial charge in [-0.25, -0.2) is 0 Å². The van der Waals surface area contributed by atoms with Crippen molar-refractivity contribution in [3.8, 4) is 12.1 Å². The minimum Gasteiger partial charge on any atom is -0.467 e. The normalized spacial score (nSPS) is 9.56. The SMILES string of the molecule is CCN(CCC#N)c1nc(N)nc(OC)n1. The maximum absolute atomic E-state index is 8.53. The van der Waals surface area contributed by atoms with Crippen LogP contribution in [0.15, 0.2) is 0 Å². The number of nitriles is 1. The first-order chi connectivity index (χ1) is 7.71. The molecule has 1 rings (SSSR count). The first kappa shape index (κ1) is 12.0. The minimum absolute atomic E-state index is 0.109. The van der Waals surface area contributed by atoms with Crippen LogP contribution in [0.3, 0.4) is 0 Å². The highest BCUT2D eigenvalue weighted by Crippen LogP contribution is 2.12. The third-order valence-electron chi connectivity index (χ3n) is 1.96. The van der Waals surface area contributed by atoms with E-state index in [0.29, 0.717) is 25.5 Å². The number of nitrogens with two attached hydrogens (primary N) is 1. The molecule has 1 aromatic heterocycles. The third-order valence-corrected chi connectivity index (χ3v) is 1.96. The van der Waals surface area contributed by atoms with Gasteiger partial charge in [-0.05, 0) is 6.92 Å². The average molecular weight is 222 g/mol. The highest BCUT2D eigenvalue weighted by molar-refractivity contribution is 5.35. The third kappa shape index (κ3) is 2.95. The fourth-order valence-corrected chi connectivity index (χ4v) is 1.18. The van der Waals surface area contributed by atoms with Gasteiger partial charge >= 0.3 is 6.01 Å². The molecule has 0 fully saturated rings. The summed E-state index contributed by atoms with van der Waals surface area (Å²) in [6, 6.07) is 2.25. The number of hydrogen-bond acceptors (Lipinski definition) is 7. The van der Waals surface area contributed by atoms with Crippen molar-refractivity contribution in [3.63, 3.8) is 0 Å². The van der Waals surface area contributed by atoms with Gasteiger partial charge in [0.15, 0.2) is 0 Å². The van der Waals surface area contributed by atoms with E-state index in [2.05, 4.69) is 21.0 Å². The molecule has 16 heavy (non-hydrogen) atoms. The van der Waals surface area contributed by atoms with Crippen molar-refractivity contribution in [2.45, 2.75) is 13.3 Å². The molecule has 1 heterocycles. The lowest BCUT2D eigenvalue weighted by Gasteiger charge is -2.19. The largest absolute Gasteiger partial charge is 0.467 e. The zero-order chi connectivity index (χ0) is 12.0. The second kappa shape index (κ2) is 5.70. The Morgan fingerprint density at radius 3 is 2.75 bits per heavy atom. The number of ether oxygens (including phenoxy) is 1. The van der Waals surface area contributed by atoms with Gasteiger partial charge in [-0.1, -0.05) is 0 Å². The van der Waals surface area contributed by atoms with Crippen LogP contribution in [0.2, 0.25) is 0 Å². The first-order valence-electron chi connectivity index (χ1n) is 4.88. The number of hydrogen-bond donors (Lipinski definition) is 1. The van der Waals surface area contributed by atoms with Crippen molar-refractivity contribution in [1.82, 2.24) is 15.0 Å². The number of anilines is 2. The Kier molecular flexibility index (Phi) is 4.27. The van der Waals surface area contributed by atoms with Crippen LogP contribution in [0.1, 0.15) is 13.3 Å². The standard InChI is InChI=1S/C9H14N6O/c1-3-15(6-4-5-10)8-12-7(11)13-9(14-8)16-2/h3-4,6H2,1-2H3,(H2,11,12,13,14). The molecule has 0 spiro atoms. The molecule has 0 saturated heterocycles. The van der Waals surface area contributed by atoms with Crippen LogP contribution in [0, 0.1) is 11.3 Å². The molecule has 86 valence electrons. The number of nitrogen functional groups attached to an aromatic ring is 1. The molecule has 0 unspecified atom stereocenters. The van der Waals surface area contributed by atoms with Crippen molar-refractivity contribution in [3.05, 3.63) is 0 Å². The molecular weight excluding hydrogens is 208 g/mol. The van der Waals surface area contributed by atoms with Gasteiger partial charge in [-0.2, -0.15) is 20.2 Å². The van der Waals surface area contributed by atoms with Crippen LogP contribution in [-0.2, 0) is 0 Å². The van der Waals surface area contributed by atoms with Crippen molar-refractivity contribution >= 4 is 11.9 Å². The zero-order valence-electron chi connectivity index (χ0n) is 9.34. The molecule has 1 aromatic rings. The summed E-state index contributed by atoms with van der Waals surface area (Å²) >= 11 is 0. The highest BCUT2D eigenvalue weighted by Gasteiger charge is 2.10. The fraction of sp³-hybridized carbons (Fsp3) is 0.556. The molecule has 0 amide bonds. The van der Waals surface area contributed by atoms with Crippen LogP contribution in [0.25, 0.3) is 0 Å². The average Bonchev–Trinajstić information content (AvgIpc) is 2.29. The van der Waals surface area contributed by atoms with E-state index in [1.54, 1.807) is 0 Å². The molecule has 0 aliphatic rings. The molecule has 7 nitrogen and oxygen atoms in total. The number of aromatic nitrogens is 3.